The molecule has 0 spiro atoms. The number of benzene rings is 2. The van der Waals surface area contributed by atoms with Crippen LogP contribution in [0.5, 0.6) is 0 Å². The topological polar surface area (TPSA) is 116 Å². The molecule has 27 heavy (non-hydrogen) atoms. The molecule has 0 bridgehead atoms. The standard InChI is InChI=1S/C19H22N2O5S/c1-14-9-10-16(27(20,24)25)12-17(14)19(23)26-13-18(22)21-11-5-8-15-6-3-2-4-7-15/h2-4,6-7,9-10,12H,5,8,11,13H2,1H3,(H,21,22)(H2,20,24,25). The second kappa shape index (κ2) is 9.29. The van der Waals surface area contributed by atoms with Crippen molar-refractivity contribution in [3.8, 4) is 0 Å². The van der Waals surface area contributed by atoms with Crippen LogP contribution in [0, 0.1) is 6.92 Å². The summed E-state index contributed by atoms with van der Waals surface area (Å²) in [5, 5.41) is 7.74. The van der Waals surface area contributed by atoms with Crippen LogP contribution in [0.1, 0.15) is 27.9 Å². The summed E-state index contributed by atoms with van der Waals surface area (Å²) in [4.78, 5) is 23.7. The van der Waals surface area contributed by atoms with Crippen molar-refractivity contribution in [2.45, 2.75) is 24.7 Å². The van der Waals surface area contributed by atoms with Crippen LogP contribution in [0.4, 0.5) is 0 Å². The first-order valence-corrected chi connectivity index (χ1v) is 9.93. The van der Waals surface area contributed by atoms with Gasteiger partial charge in [-0.25, -0.2) is 18.4 Å². The van der Waals surface area contributed by atoms with Crippen LogP contribution in [0.3, 0.4) is 0 Å². The maximum Gasteiger partial charge on any atom is 0.338 e. The van der Waals surface area contributed by atoms with E-state index in [1.807, 2.05) is 30.3 Å². The summed E-state index contributed by atoms with van der Waals surface area (Å²) < 4.78 is 27.8. The van der Waals surface area contributed by atoms with E-state index in [1.165, 1.54) is 17.7 Å². The molecular weight excluding hydrogens is 368 g/mol. The number of esters is 1. The predicted octanol–water partition coefficient (Wildman–Crippen LogP) is 1.55. The summed E-state index contributed by atoms with van der Waals surface area (Å²) in [7, 11) is -3.93. The van der Waals surface area contributed by atoms with Crippen LogP contribution in [0.25, 0.3) is 0 Å². The molecule has 0 unspecified atom stereocenters. The number of rotatable bonds is 8. The average molecular weight is 390 g/mol. The van der Waals surface area contributed by atoms with E-state index in [0.717, 1.165) is 18.9 Å². The molecule has 144 valence electrons. The van der Waals surface area contributed by atoms with Crippen LogP contribution in [-0.4, -0.2) is 33.4 Å². The second-order valence-electron chi connectivity index (χ2n) is 6.04. The van der Waals surface area contributed by atoms with Gasteiger partial charge in [0, 0.05) is 6.54 Å². The second-order valence-corrected chi connectivity index (χ2v) is 7.60. The molecule has 0 atom stereocenters. The van der Waals surface area contributed by atoms with E-state index in [2.05, 4.69) is 5.32 Å². The van der Waals surface area contributed by atoms with Gasteiger partial charge in [-0.2, -0.15) is 0 Å². The molecule has 0 aromatic heterocycles. The average Bonchev–Trinajstić information content (AvgIpc) is 2.63. The number of sulfonamides is 1. The number of aryl methyl sites for hydroxylation is 2. The number of ether oxygens (including phenoxy) is 1. The normalized spacial score (nSPS) is 11.0. The van der Waals surface area contributed by atoms with Gasteiger partial charge in [0.05, 0.1) is 10.5 Å². The lowest BCUT2D eigenvalue weighted by atomic mass is 10.1. The highest BCUT2D eigenvalue weighted by molar-refractivity contribution is 7.89. The third-order valence-electron chi connectivity index (χ3n) is 3.90. The van der Waals surface area contributed by atoms with Crippen molar-refractivity contribution in [3.63, 3.8) is 0 Å². The molecule has 7 nitrogen and oxygen atoms in total. The molecule has 1 amide bonds. The third-order valence-corrected chi connectivity index (χ3v) is 4.81. The van der Waals surface area contributed by atoms with Gasteiger partial charge in [-0.1, -0.05) is 36.4 Å². The Labute approximate surface area is 158 Å². The minimum absolute atomic E-state index is 0.0541. The number of hydrogen-bond donors (Lipinski definition) is 2. The first-order valence-electron chi connectivity index (χ1n) is 8.38. The number of primary sulfonamides is 1. The third kappa shape index (κ3) is 6.50. The molecule has 0 saturated heterocycles. The van der Waals surface area contributed by atoms with Gasteiger partial charge in [-0.15, -0.1) is 0 Å². The summed E-state index contributed by atoms with van der Waals surface area (Å²) in [6.45, 7) is 1.65. The molecule has 0 aliphatic rings. The SMILES string of the molecule is Cc1ccc(S(N)(=O)=O)cc1C(=O)OCC(=O)NCCCc1ccccc1. The number of carbonyl (C=O) groups is 2. The van der Waals surface area contributed by atoms with Crippen molar-refractivity contribution in [1.82, 2.24) is 5.32 Å². The van der Waals surface area contributed by atoms with Crippen LogP contribution < -0.4 is 10.5 Å². The number of amides is 1. The highest BCUT2D eigenvalue weighted by Crippen LogP contribution is 2.15. The van der Waals surface area contributed by atoms with Crippen LogP contribution in [-0.2, 0) is 26.0 Å². The molecule has 2 aromatic carbocycles. The summed E-state index contributed by atoms with van der Waals surface area (Å²) in [5.74, 6) is -1.20. The van der Waals surface area contributed by atoms with Gasteiger partial charge in [0.1, 0.15) is 0 Å². The predicted molar refractivity (Wildman–Crippen MR) is 101 cm³/mol. The van der Waals surface area contributed by atoms with Crippen LogP contribution >= 0.6 is 0 Å². The zero-order chi connectivity index (χ0) is 19.9. The van der Waals surface area contributed by atoms with Gasteiger partial charge in [0.2, 0.25) is 10.0 Å². The van der Waals surface area contributed by atoms with Crippen LogP contribution in [0.2, 0.25) is 0 Å². The number of carbonyl (C=O) groups excluding carboxylic acids is 2. The molecule has 0 radical (unpaired) electrons. The highest BCUT2D eigenvalue weighted by atomic mass is 32.2. The summed E-state index contributed by atoms with van der Waals surface area (Å²) >= 11 is 0. The lowest BCUT2D eigenvalue weighted by molar-refractivity contribution is -0.124. The minimum Gasteiger partial charge on any atom is -0.452 e. The molecule has 2 aromatic rings. The fourth-order valence-corrected chi connectivity index (χ4v) is 2.96. The van der Waals surface area contributed by atoms with E-state index in [0.29, 0.717) is 12.1 Å². The molecule has 0 aliphatic heterocycles. The Morgan fingerprint density at radius 2 is 1.81 bits per heavy atom. The Morgan fingerprint density at radius 3 is 2.48 bits per heavy atom. The maximum atomic E-state index is 12.1. The van der Waals surface area contributed by atoms with E-state index >= 15 is 0 Å². The van der Waals surface area contributed by atoms with Crippen molar-refractivity contribution >= 4 is 21.9 Å². The molecule has 0 fully saturated rings. The van der Waals surface area contributed by atoms with E-state index in [-0.39, 0.29) is 10.5 Å². The molecule has 0 heterocycles. The van der Waals surface area contributed by atoms with Crippen molar-refractivity contribution in [1.29, 1.82) is 0 Å². The van der Waals surface area contributed by atoms with Gasteiger partial charge in [-0.05, 0) is 43.0 Å². The van der Waals surface area contributed by atoms with Gasteiger partial charge >= 0.3 is 5.97 Å². The molecule has 0 saturated carbocycles. The number of hydrogen-bond acceptors (Lipinski definition) is 5. The first-order chi connectivity index (χ1) is 12.8. The molecule has 8 heteroatoms. The Hall–Kier alpha value is -2.71. The fraction of sp³-hybridized carbons (Fsp3) is 0.263. The van der Waals surface area contributed by atoms with Crippen molar-refractivity contribution in [2.24, 2.45) is 5.14 Å². The Morgan fingerprint density at radius 1 is 1.11 bits per heavy atom. The monoisotopic (exact) mass is 390 g/mol. The Balaban J connectivity index is 1.80. The Bertz CT molecular complexity index is 911. The summed E-state index contributed by atoms with van der Waals surface area (Å²) in [6.07, 6.45) is 1.60. The van der Waals surface area contributed by atoms with Gasteiger partial charge in [-0.3, -0.25) is 4.79 Å². The van der Waals surface area contributed by atoms with E-state index < -0.39 is 28.5 Å². The molecule has 0 aliphatic carbocycles. The first kappa shape index (κ1) is 20.6. The smallest absolute Gasteiger partial charge is 0.338 e. The lowest BCUT2D eigenvalue weighted by Gasteiger charge is -2.09. The highest BCUT2D eigenvalue weighted by Gasteiger charge is 2.16. The van der Waals surface area contributed by atoms with Crippen LogP contribution in [0.15, 0.2) is 53.4 Å². The van der Waals surface area contributed by atoms with Gasteiger partial charge in [0.25, 0.3) is 5.91 Å². The van der Waals surface area contributed by atoms with E-state index in [1.54, 1.807) is 6.92 Å². The lowest BCUT2D eigenvalue weighted by Crippen LogP contribution is -2.30. The number of nitrogens with two attached hydrogens (primary N) is 1. The zero-order valence-electron chi connectivity index (χ0n) is 15.0. The molecular formula is C19H22N2O5S. The zero-order valence-corrected chi connectivity index (χ0v) is 15.8. The van der Waals surface area contributed by atoms with Crippen molar-refractivity contribution < 1.29 is 22.7 Å². The fourth-order valence-electron chi connectivity index (χ4n) is 2.42. The quantitative estimate of drug-likeness (QED) is 0.524. The van der Waals surface area contributed by atoms with Gasteiger partial charge in [0.15, 0.2) is 6.61 Å². The molecule has 2 rings (SSSR count). The largest absolute Gasteiger partial charge is 0.452 e. The molecule has 3 N–H and O–H groups in total. The van der Waals surface area contributed by atoms with Crippen molar-refractivity contribution in [2.75, 3.05) is 13.2 Å². The maximum absolute atomic E-state index is 12.1. The summed E-state index contributed by atoms with van der Waals surface area (Å²) in [6, 6.07) is 13.8. The van der Waals surface area contributed by atoms with E-state index in [4.69, 9.17) is 9.88 Å². The number of nitrogens with one attached hydrogen (secondary N) is 1. The van der Waals surface area contributed by atoms with Gasteiger partial charge < -0.3 is 10.1 Å². The minimum atomic E-state index is -3.93. The summed E-state index contributed by atoms with van der Waals surface area (Å²) in [5.41, 5.74) is 1.76. The van der Waals surface area contributed by atoms with E-state index in [9.17, 15) is 18.0 Å². The van der Waals surface area contributed by atoms with Crippen molar-refractivity contribution in [3.05, 3.63) is 65.2 Å². The Kier molecular flexibility index (Phi) is 7.09.